The number of nitrogens with one attached hydrogen (secondary N) is 3. The molecule has 0 aliphatic carbocycles. The molecule has 1 aromatic carbocycles. The van der Waals surface area contributed by atoms with Crippen molar-refractivity contribution in [3.05, 3.63) is 79.8 Å². The van der Waals surface area contributed by atoms with Crippen LogP contribution in [0.2, 0.25) is 0 Å². The molecule has 0 fully saturated rings. The number of aromatic amines is 2. The first-order valence-electron chi connectivity index (χ1n) is 8.32. The van der Waals surface area contributed by atoms with E-state index in [0.29, 0.717) is 12.1 Å². The molecule has 8 heteroatoms. The highest BCUT2D eigenvalue weighted by Crippen LogP contribution is 2.24. The number of carbonyl (C=O) groups is 1. The molecule has 0 saturated carbocycles. The molecule has 0 radical (unpaired) electrons. The van der Waals surface area contributed by atoms with Crippen molar-refractivity contribution in [1.29, 1.82) is 0 Å². The Balaban J connectivity index is 1.64. The van der Waals surface area contributed by atoms with Crippen LogP contribution in [0.25, 0.3) is 22.2 Å². The number of nitrogens with zero attached hydrogens (tertiary/aromatic N) is 1. The number of fused-ring (bicyclic) bond motifs is 1. The molecule has 1 amide bonds. The van der Waals surface area contributed by atoms with Gasteiger partial charge in [-0.3, -0.25) is 9.59 Å². The number of carbonyl (C=O) groups excluding carboxylic acids is 1. The van der Waals surface area contributed by atoms with Crippen molar-refractivity contribution in [3.8, 4) is 11.1 Å². The summed E-state index contributed by atoms with van der Waals surface area (Å²) in [5, 5.41) is 4.63. The Morgan fingerprint density at radius 2 is 1.89 bits per heavy atom. The predicted octanol–water partition coefficient (Wildman–Crippen LogP) is 2.06. The third-order valence-corrected chi connectivity index (χ3v) is 5.12. The van der Waals surface area contributed by atoms with E-state index in [2.05, 4.69) is 15.3 Å². The van der Waals surface area contributed by atoms with E-state index in [1.54, 1.807) is 6.20 Å². The number of hydrogen-bond acceptors (Lipinski definition) is 4. The Kier molecular flexibility index (Phi) is 4.47. The van der Waals surface area contributed by atoms with Crippen LogP contribution in [0.15, 0.2) is 63.6 Å². The fourth-order valence-electron chi connectivity index (χ4n) is 2.91. The summed E-state index contributed by atoms with van der Waals surface area (Å²) in [5.41, 5.74) is 1.17. The molecule has 0 atom stereocenters. The van der Waals surface area contributed by atoms with Gasteiger partial charge < -0.3 is 15.3 Å². The summed E-state index contributed by atoms with van der Waals surface area (Å²) in [5.74, 6) is -0.398. The summed E-state index contributed by atoms with van der Waals surface area (Å²) < 4.78 is 0.900. The summed E-state index contributed by atoms with van der Waals surface area (Å²) >= 11 is 1.52. The van der Waals surface area contributed by atoms with Crippen molar-refractivity contribution < 1.29 is 4.79 Å². The highest BCUT2D eigenvalue weighted by Gasteiger charge is 2.15. The summed E-state index contributed by atoms with van der Waals surface area (Å²) in [6, 6.07) is 13.2. The number of thiophene rings is 1. The van der Waals surface area contributed by atoms with Gasteiger partial charge in [0.1, 0.15) is 12.1 Å². The first-order valence-corrected chi connectivity index (χ1v) is 9.20. The Bertz CT molecular complexity index is 1200. The average molecular weight is 380 g/mol. The lowest BCUT2D eigenvalue weighted by atomic mass is 10.1. The van der Waals surface area contributed by atoms with Gasteiger partial charge in [0.25, 0.3) is 5.56 Å². The van der Waals surface area contributed by atoms with E-state index >= 15 is 0 Å². The number of rotatable bonds is 5. The minimum absolute atomic E-state index is 0.263. The molecule has 27 heavy (non-hydrogen) atoms. The quantitative estimate of drug-likeness (QED) is 0.494. The van der Waals surface area contributed by atoms with Crippen molar-refractivity contribution in [2.45, 2.75) is 13.1 Å². The van der Waals surface area contributed by atoms with E-state index in [0.717, 1.165) is 20.6 Å². The molecule has 7 nitrogen and oxygen atoms in total. The fourth-order valence-corrected chi connectivity index (χ4v) is 3.56. The third kappa shape index (κ3) is 3.34. The number of H-pyrrole nitrogens is 2. The SMILES string of the molecule is O=C(Cn1c(=O)[nH]c2c(-c3ccccc3)c[nH]c2c1=O)NCc1cccs1. The van der Waals surface area contributed by atoms with Crippen LogP contribution in [-0.4, -0.2) is 20.4 Å². The van der Waals surface area contributed by atoms with Crippen molar-refractivity contribution in [2.75, 3.05) is 0 Å². The van der Waals surface area contributed by atoms with Crippen LogP contribution in [0.1, 0.15) is 4.88 Å². The average Bonchev–Trinajstić information content (AvgIpc) is 3.34. The second kappa shape index (κ2) is 7.08. The second-order valence-electron chi connectivity index (χ2n) is 6.00. The van der Waals surface area contributed by atoms with E-state index in [1.165, 1.54) is 11.3 Å². The molecule has 4 rings (SSSR count). The molecular formula is C19H16N4O3S. The second-order valence-corrected chi connectivity index (χ2v) is 7.03. The molecule has 3 heterocycles. The maximum absolute atomic E-state index is 12.7. The van der Waals surface area contributed by atoms with Crippen molar-refractivity contribution in [2.24, 2.45) is 0 Å². The van der Waals surface area contributed by atoms with Crippen molar-refractivity contribution in [1.82, 2.24) is 19.9 Å². The topological polar surface area (TPSA) is 99.8 Å². The molecule has 4 aromatic rings. The number of benzene rings is 1. The van der Waals surface area contributed by atoms with Gasteiger partial charge in [-0.2, -0.15) is 0 Å². The van der Waals surface area contributed by atoms with E-state index in [4.69, 9.17) is 0 Å². The molecule has 0 spiro atoms. The zero-order valence-electron chi connectivity index (χ0n) is 14.2. The lowest BCUT2D eigenvalue weighted by Crippen LogP contribution is -2.40. The van der Waals surface area contributed by atoms with Crippen LogP contribution in [-0.2, 0) is 17.9 Å². The van der Waals surface area contributed by atoms with E-state index < -0.39 is 17.2 Å². The van der Waals surface area contributed by atoms with Gasteiger partial charge >= 0.3 is 5.69 Å². The Morgan fingerprint density at radius 3 is 2.63 bits per heavy atom. The first kappa shape index (κ1) is 17.0. The van der Waals surface area contributed by atoms with Gasteiger partial charge in [-0.15, -0.1) is 11.3 Å². The molecule has 136 valence electrons. The van der Waals surface area contributed by atoms with Gasteiger partial charge in [0, 0.05) is 16.6 Å². The molecule has 0 bridgehead atoms. The van der Waals surface area contributed by atoms with Gasteiger partial charge in [0.15, 0.2) is 0 Å². The molecule has 0 saturated heterocycles. The van der Waals surface area contributed by atoms with E-state index in [9.17, 15) is 14.4 Å². The largest absolute Gasteiger partial charge is 0.355 e. The minimum atomic E-state index is -0.615. The Hall–Kier alpha value is -3.39. The van der Waals surface area contributed by atoms with Crippen LogP contribution < -0.4 is 16.6 Å². The summed E-state index contributed by atoms with van der Waals surface area (Å²) in [6.07, 6.45) is 1.68. The smallest absolute Gasteiger partial charge is 0.329 e. The maximum atomic E-state index is 12.7. The van der Waals surface area contributed by atoms with Crippen LogP contribution in [0.4, 0.5) is 0 Å². The Morgan fingerprint density at radius 1 is 1.07 bits per heavy atom. The van der Waals surface area contributed by atoms with Crippen molar-refractivity contribution in [3.63, 3.8) is 0 Å². The molecule has 3 N–H and O–H groups in total. The first-order chi connectivity index (χ1) is 13.1. The van der Waals surface area contributed by atoms with E-state index in [-0.39, 0.29) is 12.1 Å². The van der Waals surface area contributed by atoms with Crippen LogP contribution >= 0.6 is 11.3 Å². The normalized spacial score (nSPS) is 11.0. The molecule has 0 unspecified atom stereocenters. The summed E-state index contributed by atoms with van der Waals surface area (Å²) in [6.45, 7) is 0.0290. The maximum Gasteiger partial charge on any atom is 0.329 e. The van der Waals surface area contributed by atoms with Crippen LogP contribution in [0.3, 0.4) is 0 Å². The summed E-state index contributed by atoms with van der Waals surface area (Å²) in [7, 11) is 0. The van der Waals surface area contributed by atoms with Gasteiger partial charge in [0.2, 0.25) is 5.91 Å². The number of amides is 1. The van der Waals surface area contributed by atoms with Gasteiger partial charge in [0.05, 0.1) is 12.1 Å². The molecular weight excluding hydrogens is 364 g/mol. The number of aromatic nitrogens is 3. The zero-order chi connectivity index (χ0) is 18.8. The van der Waals surface area contributed by atoms with Crippen LogP contribution in [0, 0.1) is 0 Å². The highest BCUT2D eigenvalue weighted by molar-refractivity contribution is 7.09. The minimum Gasteiger partial charge on any atom is -0.355 e. The standard InChI is InChI=1S/C19H16N4O3S/c24-15(20-9-13-7-4-8-27-13)11-23-18(25)17-16(22-19(23)26)14(10-21-17)12-5-2-1-3-6-12/h1-8,10,21H,9,11H2,(H,20,24)(H,22,26). The van der Waals surface area contributed by atoms with Crippen LogP contribution in [0.5, 0.6) is 0 Å². The molecule has 0 aliphatic rings. The summed E-state index contributed by atoms with van der Waals surface area (Å²) in [4.78, 5) is 43.9. The number of hydrogen-bond donors (Lipinski definition) is 3. The third-order valence-electron chi connectivity index (χ3n) is 4.24. The lowest BCUT2D eigenvalue weighted by Gasteiger charge is -2.06. The molecule has 3 aromatic heterocycles. The highest BCUT2D eigenvalue weighted by atomic mass is 32.1. The zero-order valence-corrected chi connectivity index (χ0v) is 15.0. The van der Waals surface area contributed by atoms with Gasteiger partial charge in [-0.25, -0.2) is 9.36 Å². The monoisotopic (exact) mass is 380 g/mol. The predicted molar refractivity (Wildman–Crippen MR) is 105 cm³/mol. The van der Waals surface area contributed by atoms with Gasteiger partial charge in [-0.1, -0.05) is 36.4 Å². The van der Waals surface area contributed by atoms with Crippen molar-refractivity contribution >= 4 is 28.3 Å². The fraction of sp³-hybridized carbons (Fsp3) is 0.105. The van der Waals surface area contributed by atoms with Gasteiger partial charge in [-0.05, 0) is 17.0 Å². The Labute approximate surface area is 157 Å². The molecule has 0 aliphatic heterocycles. The van der Waals surface area contributed by atoms with E-state index in [1.807, 2.05) is 47.8 Å². The lowest BCUT2D eigenvalue weighted by molar-refractivity contribution is -0.121.